The molecule has 11 heteroatoms. The third-order valence-electron chi connectivity index (χ3n) is 4.26. The summed E-state index contributed by atoms with van der Waals surface area (Å²) in [5, 5.41) is 2.38. The average molecular weight is 475 g/mol. The number of benzene rings is 2. The van der Waals surface area contributed by atoms with E-state index in [2.05, 4.69) is 20.0 Å². The number of hydrogen-bond donors (Lipinski definition) is 2. The second kappa shape index (κ2) is 10.3. The molecule has 3 aromatic rings. The lowest BCUT2D eigenvalue weighted by molar-refractivity contribution is -0.115. The van der Waals surface area contributed by atoms with Crippen molar-refractivity contribution in [3.05, 3.63) is 60.9 Å². The summed E-state index contributed by atoms with van der Waals surface area (Å²) in [5.74, 6) is 0.941. The van der Waals surface area contributed by atoms with Gasteiger partial charge in [-0.15, -0.1) is 11.8 Å². The third-order valence-corrected chi connectivity index (χ3v) is 6.70. The Morgan fingerprint density at radius 2 is 1.66 bits per heavy atom. The highest BCUT2D eigenvalue weighted by Crippen LogP contribution is 2.33. The molecular weight excluding hydrogens is 452 g/mol. The van der Waals surface area contributed by atoms with E-state index in [1.807, 2.05) is 6.07 Å². The SMILES string of the molecule is COc1ccc(S[C@H](C)C(=O)Nc2ccc(S(=O)(=O)Nc3ncccn3)cc2)cc1OC. The van der Waals surface area contributed by atoms with Gasteiger partial charge in [0.25, 0.3) is 10.0 Å². The fraction of sp³-hybridized carbons (Fsp3) is 0.190. The molecule has 1 amide bonds. The van der Waals surface area contributed by atoms with Gasteiger partial charge in [-0.1, -0.05) is 0 Å². The molecule has 0 spiro atoms. The van der Waals surface area contributed by atoms with Gasteiger partial charge in [-0.2, -0.15) is 0 Å². The Bertz CT molecular complexity index is 1170. The molecule has 0 aliphatic rings. The first-order chi connectivity index (χ1) is 15.3. The first-order valence-corrected chi connectivity index (χ1v) is 11.8. The molecular formula is C21H22N4O5S2. The van der Waals surface area contributed by atoms with Crippen LogP contribution >= 0.6 is 11.8 Å². The van der Waals surface area contributed by atoms with Crippen LogP contribution in [-0.2, 0) is 14.8 Å². The minimum absolute atomic E-state index is 0.0223. The highest BCUT2D eigenvalue weighted by atomic mass is 32.2. The predicted octanol–water partition coefficient (Wildman–Crippen LogP) is 3.41. The van der Waals surface area contributed by atoms with Crippen molar-refractivity contribution in [3.63, 3.8) is 0 Å². The summed E-state index contributed by atoms with van der Waals surface area (Å²) < 4.78 is 37.7. The zero-order valence-corrected chi connectivity index (χ0v) is 19.2. The first kappa shape index (κ1) is 23.4. The largest absolute Gasteiger partial charge is 0.493 e. The number of aromatic nitrogens is 2. The molecule has 3 rings (SSSR count). The van der Waals surface area contributed by atoms with Crippen LogP contribution < -0.4 is 19.5 Å². The molecule has 1 heterocycles. The lowest BCUT2D eigenvalue weighted by atomic mass is 10.3. The van der Waals surface area contributed by atoms with Gasteiger partial charge in [-0.05, 0) is 55.5 Å². The van der Waals surface area contributed by atoms with Crippen LogP contribution in [0, 0.1) is 0 Å². The van der Waals surface area contributed by atoms with Crippen molar-refractivity contribution in [2.24, 2.45) is 0 Å². The monoisotopic (exact) mass is 474 g/mol. The molecule has 0 aliphatic heterocycles. The standard InChI is InChI=1S/C21H22N4O5S2/c1-14(31-16-7-10-18(29-2)19(13-16)30-3)20(26)24-15-5-8-17(9-6-15)32(27,28)25-21-22-11-4-12-23-21/h4-14H,1-3H3,(H,24,26)(H,22,23,25)/t14-/m1/s1. The van der Waals surface area contributed by atoms with E-state index >= 15 is 0 Å². The zero-order chi connectivity index (χ0) is 23.1. The lowest BCUT2D eigenvalue weighted by Crippen LogP contribution is -2.22. The zero-order valence-electron chi connectivity index (χ0n) is 17.6. The van der Waals surface area contributed by atoms with E-state index in [-0.39, 0.29) is 16.8 Å². The summed E-state index contributed by atoms with van der Waals surface area (Å²) in [7, 11) is -0.733. The van der Waals surface area contributed by atoms with Gasteiger partial charge in [0.2, 0.25) is 11.9 Å². The van der Waals surface area contributed by atoms with Crippen LogP contribution in [0.1, 0.15) is 6.92 Å². The molecule has 0 bridgehead atoms. The Kier molecular flexibility index (Phi) is 7.54. The highest BCUT2D eigenvalue weighted by molar-refractivity contribution is 8.00. The second-order valence-electron chi connectivity index (χ2n) is 6.47. The molecule has 9 nitrogen and oxygen atoms in total. The van der Waals surface area contributed by atoms with Crippen molar-refractivity contribution >= 4 is 39.3 Å². The van der Waals surface area contributed by atoms with Crippen LogP contribution in [0.3, 0.4) is 0 Å². The number of anilines is 2. The maximum absolute atomic E-state index is 12.6. The van der Waals surface area contributed by atoms with Gasteiger partial charge in [-0.25, -0.2) is 23.1 Å². The minimum atomic E-state index is -3.84. The summed E-state index contributed by atoms with van der Waals surface area (Å²) in [6.07, 6.45) is 2.87. The minimum Gasteiger partial charge on any atom is -0.493 e. The van der Waals surface area contributed by atoms with E-state index in [9.17, 15) is 13.2 Å². The Morgan fingerprint density at radius 1 is 1.00 bits per heavy atom. The van der Waals surface area contributed by atoms with Crippen molar-refractivity contribution < 1.29 is 22.7 Å². The number of hydrogen-bond acceptors (Lipinski definition) is 8. The Morgan fingerprint density at radius 3 is 2.28 bits per heavy atom. The van der Waals surface area contributed by atoms with E-state index in [0.29, 0.717) is 17.2 Å². The van der Waals surface area contributed by atoms with Crippen molar-refractivity contribution in [3.8, 4) is 11.5 Å². The average Bonchev–Trinajstić information content (AvgIpc) is 2.79. The Hall–Kier alpha value is -3.31. The van der Waals surface area contributed by atoms with Gasteiger partial charge in [0, 0.05) is 23.0 Å². The van der Waals surface area contributed by atoms with Crippen molar-refractivity contribution in [2.45, 2.75) is 22.0 Å². The van der Waals surface area contributed by atoms with Crippen LogP contribution in [0.15, 0.2) is 70.7 Å². The number of nitrogens with zero attached hydrogens (tertiary/aromatic N) is 2. The Balaban J connectivity index is 1.63. The maximum Gasteiger partial charge on any atom is 0.264 e. The van der Waals surface area contributed by atoms with Gasteiger partial charge in [0.1, 0.15) is 0 Å². The number of sulfonamides is 1. The normalized spacial score (nSPS) is 12.0. The molecule has 0 saturated heterocycles. The maximum atomic E-state index is 12.6. The van der Waals surface area contributed by atoms with Crippen molar-refractivity contribution in [1.82, 2.24) is 9.97 Å². The number of amides is 1. The number of carbonyl (C=O) groups excluding carboxylic acids is 1. The summed E-state index contributed by atoms with van der Waals surface area (Å²) in [4.78, 5) is 21.1. The van der Waals surface area contributed by atoms with Gasteiger partial charge in [0.05, 0.1) is 24.4 Å². The fourth-order valence-corrected chi connectivity index (χ4v) is 4.49. The number of carbonyl (C=O) groups is 1. The summed E-state index contributed by atoms with van der Waals surface area (Å²) in [6.45, 7) is 1.78. The highest BCUT2D eigenvalue weighted by Gasteiger charge is 2.18. The summed E-state index contributed by atoms with van der Waals surface area (Å²) >= 11 is 1.36. The molecule has 0 unspecified atom stereocenters. The Labute approximate surface area is 190 Å². The van der Waals surface area contributed by atoms with Crippen molar-refractivity contribution in [1.29, 1.82) is 0 Å². The fourth-order valence-electron chi connectivity index (χ4n) is 2.64. The molecule has 168 valence electrons. The van der Waals surface area contributed by atoms with E-state index < -0.39 is 15.3 Å². The number of thioether (sulfide) groups is 1. The topological polar surface area (TPSA) is 120 Å². The number of nitrogens with one attached hydrogen (secondary N) is 2. The van der Waals surface area contributed by atoms with Crippen LogP contribution in [0.25, 0.3) is 0 Å². The van der Waals surface area contributed by atoms with Crippen molar-refractivity contribution in [2.75, 3.05) is 24.3 Å². The van der Waals surface area contributed by atoms with Gasteiger partial charge >= 0.3 is 0 Å². The van der Waals surface area contributed by atoms with Crippen LogP contribution in [0.2, 0.25) is 0 Å². The molecule has 0 fully saturated rings. The van der Waals surface area contributed by atoms with E-state index in [4.69, 9.17) is 9.47 Å². The summed E-state index contributed by atoms with van der Waals surface area (Å²) in [6, 6.07) is 12.8. The van der Waals surface area contributed by atoms with Crippen LogP contribution in [0.4, 0.5) is 11.6 Å². The first-order valence-electron chi connectivity index (χ1n) is 9.42. The van der Waals surface area contributed by atoms with Gasteiger partial charge < -0.3 is 14.8 Å². The van der Waals surface area contributed by atoms with E-state index in [0.717, 1.165) is 4.90 Å². The van der Waals surface area contributed by atoms with E-state index in [1.165, 1.54) is 48.4 Å². The van der Waals surface area contributed by atoms with Gasteiger partial charge in [0.15, 0.2) is 11.5 Å². The predicted molar refractivity (Wildman–Crippen MR) is 123 cm³/mol. The number of rotatable bonds is 9. The molecule has 0 saturated carbocycles. The lowest BCUT2D eigenvalue weighted by Gasteiger charge is -2.14. The smallest absolute Gasteiger partial charge is 0.264 e. The second-order valence-corrected chi connectivity index (χ2v) is 9.57. The molecule has 0 radical (unpaired) electrons. The van der Waals surface area contributed by atoms with Crippen LogP contribution in [-0.4, -0.2) is 43.8 Å². The molecule has 2 aromatic carbocycles. The van der Waals surface area contributed by atoms with E-state index in [1.54, 1.807) is 39.3 Å². The van der Waals surface area contributed by atoms with Gasteiger partial charge in [-0.3, -0.25) is 4.79 Å². The third kappa shape index (κ3) is 5.89. The number of methoxy groups -OCH3 is 2. The number of ether oxygens (including phenoxy) is 2. The molecule has 0 aliphatic carbocycles. The molecule has 1 atom stereocenters. The molecule has 1 aromatic heterocycles. The summed E-state index contributed by atoms with van der Waals surface area (Å²) in [5.41, 5.74) is 0.477. The quantitative estimate of drug-likeness (QED) is 0.453. The van der Waals surface area contributed by atoms with Crippen LogP contribution in [0.5, 0.6) is 11.5 Å². The molecule has 32 heavy (non-hydrogen) atoms. The molecule has 2 N–H and O–H groups in total.